The number of halogens is 1. The van der Waals surface area contributed by atoms with Crippen LogP contribution in [0.15, 0.2) is 29.6 Å². The lowest BCUT2D eigenvalue weighted by Crippen LogP contribution is -2.31. The van der Waals surface area contributed by atoms with E-state index in [-0.39, 0.29) is 17.6 Å². The summed E-state index contributed by atoms with van der Waals surface area (Å²) in [6, 6.07) is 5.06. The Morgan fingerprint density at radius 1 is 1.41 bits per heavy atom. The molecule has 1 atom stereocenters. The highest BCUT2D eigenvalue weighted by molar-refractivity contribution is 6.34. The lowest BCUT2D eigenvalue weighted by molar-refractivity contribution is 0.0735. The molecule has 0 unspecified atom stereocenters. The molecule has 3 heterocycles. The van der Waals surface area contributed by atoms with Crippen molar-refractivity contribution in [3.63, 3.8) is 0 Å². The molecule has 0 radical (unpaired) electrons. The Balaban J connectivity index is 1.79. The number of carbonyl (C=O) groups excluding carboxylic acids is 2. The Morgan fingerprint density at radius 2 is 2.24 bits per heavy atom. The molecule has 0 bridgehead atoms. The fourth-order valence-corrected chi connectivity index (χ4v) is 4.20. The molecule has 1 aromatic carbocycles. The van der Waals surface area contributed by atoms with E-state index < -0.39 is 5.91 Å². The number of imidazole rings is 1. The average molecular weight is 416 g/mol. The monoisotopic (exact) mass is 415 g/mol. The van der Waals surface area contributed by atoms with Crippen LogP contribution < -0.4 is 5.43 Å². The second-order valence-electron chi connectivity index (χ2n) is 6.87. The van der Waals surface area contributed by atoms with Crippen molar-refractivity contribution >= 4 is 29.3 Å². The van der Waals surface area contributed by atoms with Crippen LogP contribution in [0.4, 0.5) is 0 Å². The summed E-state index contributed by atoms with van der Waals surface area (Å²) in [6.45, 7) is 4.84. The quantitative estimate of drug-likeness (QED) is 0.471. The van der Waals surface area contributed by atoms with Gasteiger partial charge in [0.1, 0.15) is 6.33 Å². The molecule has 1 N–H and O–H groups in total. The van der Waals surface area contributed by atoms with Gasteiger partial charge in [-0.2, -0.15) is 0 Å². The van der Waals surface area contributed by atoms with E-state index >= 15 is 0 Å². The third-order valence-electron chi connectivity index (χ3n) is 5.21. The van der Waals surface area contributed by atoms with Crippen LogP contribution in [0.1, 0.15) is 65.7 Å². The predicted molar refractivity (Wildman–Crippen MR) is 108 cm³/mol. The van der Waals surface area contributed by atoms with Gasteiger partial charge in [0.05, 0.1) is 34.6 Å². The molecule has 29 heavy (non-hydrogen) atoms. The second kappa shape index (κ2) is 7.87. The number of ether oxygens (including phenoxy) is 1. The van der Waals surface area contributed by atoms with Crippen LogP contribution in [0.25, 0.3) is 5.69 Å². The van der Waals surface area contributed by atoms with Crippen molar-refractivity contribution in [1.82, 2.24) is 19.9 Å². The highest BCUT2D eigenvalue weighted by Gasteiger charge is 2.40. The van der Waals surface area contributed by atoms with E-state index in [1.165, 1.54) is 0 Å². The Bertz CT molecular complexity index is 1000. The van der Waals surface area contributed by atoms with Gasteiger partial charge in [-0.1, -0.05) is 24.6 Å². The first-order valence-corrected chi connectivity index (χ1v) is 10.1. The maximum Gasteiger partial charge on any atom is 0.292 e. The first-order chi connectivity index (χ1) is 14.1. The van der Waals surface area contributed by atoms with E-state index in [0.717, 1.165) is 12.8 Å². The number of hydrogen-bond acceptors (Lipinski definition) is 5. The number of amides is 2. The van der Waals surface area contributed by atoms with Gasteiger partial charge in [0.25, 0.3) is 11.8 Å². The van der Waals surface area contributed by atoms with E-state index in [9.17, 15) is 9.59 Å². The van der Waals surface area contributed by atoms with E-state index in [2.05, 4.69) is 15.5 Å². The molecule has 9 heteroatoms. The minimum absolute atomic E-state index is 0.120. The number of nitrogens with zero attached hydrogens (tertiary/aromatic N) is 4. The van der Waals surface area contributed by atoms with Crippen molar-refractivity contribution in [1.29, 1.82) is 0 Å². The maximum absolute atomic E-state index is 13.2. The zero-order valence-corrected chi connectivity index (χ0v) is 17.1. The number of hydrogen-bond donors (Lipinski definition) is 1. The zero-order chi connectivity index (χ0) is 20.5. The molecule has 1 aromatic heterocycles. The van der Waals surface area contributed by atoms with E-state index in [1.807, 2.05) is 19.9 Å². The Hall–Kier alpha value is -2.87. The van der Waals surface area contributed by atoms with E-state index in [1.54, 1.807) is 27.9 Å². The largest absolute Gasteiger partial charge is 0.480 e. The van der Waals surface area contributed by atoms with Crippen molar-refractivity contribution < 1.29 is 14.3 Å². The summed E-state index contributed by atoms with van der Waals surface area (Å²) in [5.41, 5.74) is 4.53. The van der Waals surface area contributed by atoms with Crippen LogP contribution in [0.3, 0.4) is 0 Å². The molecule has 2 amide bonds. The van der Waals surface area contributed by atoms with Crippen molar-refractivity contribution in [3.05, 3.63) is 46.5 Å². The first-order valence-electron chi connectivity index (χ1n) is 9.73. The van der Waals surface area contributed by atoms with E-state index in [0.29, 0.717) is 47.4 Å². The molecule has 152 valence electrons. The fraction of sp³-hybridized carbons (Fsp3) is 0.400. The Labute approximate surface area is 173 Å². The van der Waals surface area contributed by atoms with Gasteiger partial charge in [-0.15, -0.1) is 5.10 Å². The molecule has 0 saturated carbocycles. The molecular weight excluding hydrogens is 394 g/mol. The number of nitrogens with one attached hydrogen (secondary N) is 1. The molecule has 1 saturated heterocycles. The van der Waals surface area contributed by atoms with Gasteiger partial charge in [0.15, 0.2) is 5.69 Å². The van der Waals surface area contributed by atoms with Crippen molar-refractivity contribution in [2.24, 2.45) is 5.10 Å². The minimum Gasteiger partial charge on any atom is -0.480 e. The summed E-state index contributed by atoms with van der Waals surface area (Å²) < 4.78 is 7.18. The molecule has 0 aliphatic carbocycles. The predicted octanol–water partition coefficient (Wildman–Crippen LogP) is 3.31. The van der Waals surface area contributed by atoms with Crippen LogP contribution in [0, 0.1) is 0 Å². The smallest absolute Gasteiger partial charge is 0.292 e. The topological polar surface area (TPSA) is 88.8 Å². The number of benzene rings is 1. The Kier molecular flexibility index (Phi) is 5.27. The number of rotatable bonds is 4. The fourth-order valence-electron chi connectivity index (χ4n) is 3.95. The highest BCUT2D eigenvalue weighted by Crippen LogP contribution is 2.41. The van der Waals surface area contributed by atoms with Gasteiger partial charge in [0, 0.05) is 13.0 Å². The summed E-state index contributed by atoms with van der Waals surface area (Å²) in [6.07, 6.45) is 3.74. The summed E-state index contributed by atoms with van der Waals surface area (Å²) in [5, 5.41) is 4.45. The molecule has 8 nitrogen and oxygen atoms in total. The average Bonchev–Trinajstić information content (AvgIpc) is 3.35. The van der Waals surface area contributed by atoms with Gasteiger partial charge >= 0.3 is 0 Å². The Morgan fingerprint density at radius 3 is 3.00 bits per heavy atom. The van der Waals surface area contributed by atoms with Crippen LogP contribution in [0.5, 0.6) is 0 Å². The first kappa shape index (κ1) is 19.4. The lowest BCUT2D eigenvalue weighted by atomic mass is 10.1. The van der Waals surface area contributed by atoms with Gasteiger partial charge < -0.3 is 9.64 Å². The van der Waals surface area contributed by atoms with Crippen LogP contribution in [0.2, 0.25) is 5.02 Å². The van der Waals surface area contributed by atoms with Gasteiger partial charge in [0.2, 0.25) is 5.90 Å². The number of aromatic nitrogens is 2. The standard InChI is InChI=1S/C20H22ClN5O3/c1-3-15(29-4-2)23-24-19(27)17-18-14-9-6-10-25(14)20(28)16-12(21)7-5-8-13(16)26(18)11-22-17/h5,7-8,11,14H,3-4,6,9-10H2,1-2H3,(H,24,27)/t14-/m0/s1. The molecule has 1 fully saturated rings. The summed E-state index contributed by atoms with van der Waals surface area (Å²) in [7, 11) is 0. The van der Waals surface area contributed by atoms with E-state index in [4.69, 9.17) is 16.3 Å². The van der Waals surface area contributed by atoms with Crippen LogP contribution in [-0.4, -0.2) is 45.3 Å². The van der Waals surface area contributed by atoms with Gasteiger partial charge in [-0.05, 0) is 31.9 Å². The SMILES string of the molecule is CCOC(CC)=NNC(=O)c1ncn2c1[C@@H]1CCCN1C(=O)c1c(Cl)cccc1-2. The normalized spacial score (nSPS) is 18.0. The summed E-state index contributed by atoms with van der Waals surface area (Å²) >= 11 is 6.37. The van der Waals surface area contributed by atoms with Crippen LogP contribution in [-0.2, 0) is 4.74 Å². The van der Waals surface area contributed by atoms with Crippen molar-refractivity contribution in [2.75, 3.05) is 13.2 Å². The van der Waals surface area contributed by atoms with Crippen LogP contribution >= 0.6 is 11.6 Å². The van der Waals surface area contributed by atoms with Gasteiger partial charge in [-0.25, -0.2) is 10.4 Å². The molecule has 2 aliphatic rings. The third-order valence-corrected chi connectivity index (χ3v) is 5.52. The molecular formula is C20H22ClN5O3. The second-order valence-corrected chi connectivity index (χ2v) is 7.28. The third kappa shape index (κ3) is 3.27. The van der Waals surface area contributed by atoms with Crippen molar-refractivity contribution in [3.8, 4) is 5.69 Å². The minimum atomic E-state index is -0.436. The lowest BCUT2D eigenvalue weighted by Gasteiger charge is -2.23. The molecule has 2 aromatic rings. The molecule has 2 aliphatic heterocycles. The highest BCUT2D eigenvalue weighted by atomic mass is 35.5. The summed E-state index contributed by atoms with van der Waals surface area (Å²) in [5.74, 6) is -0.110. The number of hydrazone groups is 1. The molecule has 0 spiro atoms. The number of carbonyl (C=O) groups is 2. The van der Waals surface area contributed by atoms with Crippen molar-refractivity contribution in [2.45, 2.75) is 39.2 Å². The number of fused-ring (bicyclic) bond motifs is 5. The van der Waals surface area contributed by atoms with Gasteiger partial charge in [-0.3, -0.25) is 14.2 Å². The molecule has 4 rings (SSSR count). The zero-order valence-electron chi connectivity index (χ0n) is 16.3. The summed E-state index contributed by atoms with van der Waals surface area (Å²) in [4.78, 5) is 32.2. The maximum atomic E-state index is 13.2.